The Kier molecular flexibility index (Phi) is 3.78. The molecule has 3 fully saturated rings. The smallest absolute Gasteiger partial charge is 0.410 e. The highest BCUT2D eigenvalue weighted by Gasteiger charge is 2.58. The van der Waals surface area contributed by atoms with Gasteiger partial charge in [0.05, 0.1) is 0 Å². The van der Waals surface area contributed by atoms with E-state index in [1.165, 1.54) is 5.56 Å². The molecule has 1 aromatic rings. The summed E-state index contributed by atoms with van der Waals surface area (Å²) in [7, 11) is 0. The molecule has 1 N–H and O–H groups in total. The van der Waals surface area contributed by atoms with Crippen molar-refractivity contribution >= 4 is 12.0 Å². The molecular formula is C20H26N2O3. The molecule has 2 aliphatic carbocycles. The monoisotopic (exact) mass is 342 g/mol. The molecule has 4 rings (SSSR count). The lowest BCUT2D eigenvalue weighted by atomic mass is 10.1. The van der Waals surface area contributed by atoms with Gasteiger partial charge in [0.15, 0.2) is 0 Å². The van der Waals surface area contributed by atoms with E-state index in [4.69, 9.17) is 4.74 Å². The van der Waals surface area contributed by atoms with Crippen LogP contribution in [0.25, 0.3) is 0 Å². The fourth-order valence-corrected chi connectivity index (χ4v) is 4.00. The van der Waals surface area contributed by atoms with E-state index in [1.807, 2.05) is 39.0 Å². The van der Waals surface area contributed by atoms with Gasteiger partial charge in [-0.15, -0.1) is 0 Å². The van der Waals surface area contributed by atoms with Crippen molar-refractivity contribution in [2.75, 3.05) is 6.54 Å². The van der Waals surface area contributed by atoms with Crippen LogP contribution in [-0.2, 0) is 9.53 Å². The standard InChI is InChI=1S/C20H26N2O3/c1-20(2,3)25-19(24)22-11-13-9-15(13)17(22)18(23)21-16-10-14(16)12-7-5-4-6-8-12/h4-8,13-17H,9-11H2,1-3H3,(H,21,23)/t13-,14+,15-,16-,17+/m1/s1. The van der Waals surface area contributed by atoms with Gasteiger partial charge in [-0.1, -0.05) is 30.3 Å². The largest absolute Gasteiger partial charge is 0.444 e. The maximum atomic E-state index is 12.8. The van der Waals surface area contributed by atoms with Crippen LogP contribution in [0.3, 0.4) is 0 Å². The first-order valence-electron chi connectivity index (χ1n) is 9.18. The third-order valence-electron chi connectivity index (χ3n) is 5.39. The minimum Gasteiger partial charge on any atom is -0.444 e. The maximum Gasteiger partial charge on any atom is 0.410 e. The number of hydrogen-bond acceptors (Lipinski definition) is 3. The topological polar surface area (TPSA) is 58.6 Å². The quantitative estimate of drug-likeness (QED) is 0.919. The third-order valence-corrected chi connectivity index (χ3v) is 5.39. The summed E-state index contributed by atoms with van der Waals surface area (Å²) in [5.41, 5.74) is 0.729. The molecule has 0 spiro atoms. The molecule has 2 saturated carbocycles. The number of benzene rings is 1. The van der Waals surface area contributed by atoms with Crippen molar-refractivity contribution in [2.45, 2.75) is 57.2 Å². The highest BCUT2D eigenvalue weighted by atomic mass is 16.6. The van der Waals surface area contributed by atoms with E-state index in [0.29, 0.717) is 24.3 Å². The Balaban J connectivity index is 1.38. The SMILES string of the molecule is CC(C)(C)OC(=O)N1C[C@H]2C[C@H]2[C@H]1C(=O)N[C@@H]1C[C@H]1c1ccccc1. The number of piperidine rings is 1. The van der Waals surface area contributed by atoms with Crippen molar-refractivity contribution < 1.29 is 14.3 Å². The summed E-state index contributed by atoms with van der Waals surface area (Å²) >= 11 is 0. The van der Waals surface area contributed by atoms with E-state index < -0.39 is 5.60 Å². The number of ether oxygens (including phenoxy) is 1. The molecule has 5 atom stereocenters. The number of fused-ring (bicyclic) bond motifs is 1. The van der Waals surface area contributed by atoms with E-state index >= 15 is 0 Å². The first-order chi connectivity index (χ1) is 11.8. The molecule has 2 amide bonds. The summed E-state index contributed by atoms with van der Waals surface area (Å²) in [5, 5.41) is 3.16. The maximum absolute atomic E-state index is 12.8. The van der Waals surface area contributed by atoms with Gasteiger partial charge in [-0.2, -0.15) is 0 Å². The molecule has 0 aromatic heterocycles. The minimum absolute atomic E-state index is 0.0145. The summed E-state index contributed by atoms with van der Waals surface area (Å²) in [6.45, 7) is 6.20. The first kappa shape index (κ1) is 16.4. The molecule has 0 unspecified atom stereocenters. The van der Waals surface area contributed by atoms with Crippen LogP contribution in [-0.4, -0.2) is 41.1 Å². The predicted octanol–water partition coefficient (Wildman–Crippen LogP) is 2.91. The van der Waals surface area contributed by atoms with Gasteiger partial charge < -0.3 is 10.1 Å². The Morgan fingerprint density at radius 3 is 2.56 bits per heavy atom. The van der Waals surface area contributed by atoms with Gasteiger partial charge in [0.25, 0.3) is 0 Å². The van der Waals surface area contributed by atoms with Crippen LogP contribution in [0.4, 0.5) is 4.79 Å². The van der Waals surface area contributed by atoms with E-state index in [0.717, 1.165) is 12.8 Å². The second-order valence-electron chi connectivity index (χ2n) is 8.61. The van der Waals surface area contributed by atoms with Gasteiger partial charge in [0.2, 0.25) is 5.91 Å². The molecule has 5 heteroatoms. The van der Waals surface area contributed by atoms with Crippen molar-refractivity contribution in [3.8, 4) is 0 Å². The average molecular weight is 342 g/mol. The van der Waals surface area contributed by atoms with Crippen LogP contribution in [0.1, 0.15) is 45.1 Å². The molecule has 0 radical (unpaired) electrons. The van der Waals surface area contributed by atoms with Gasteiger partial charge in [-0.3, -0.25) is 9.69 Å². The normalized spacial score (nSPS) is 32.8. The predicted molar refractivity (Wildman–Crippen MR) is 94.1 cm³/mol. The zero-order valence-corrected chi connectivity index (χ0v) is 15.1. The fourth-order valence-electron chi connectivity index (χ4n) is 4.00. The van der Waals surface area contributed by atoms with Crippen molar-refractivity contribution in [2.24, 2.45) is 11.8 Å². The van der Waals surface area contributed by atoms with Gasteiger partial charge in [0, 0.05) is 18.5 Å². The number of likely N-dealkylation sites (tertiary alicyclic amines) is 1. The molecule has 1 aromatic carbocycles. The summed E-state index contributed by atoms with van der Waals surface area (Å²) < 4.78 is 5.49. The van der Waals surface area contributed by atoms with Gasteiger partial charge in [-0.05, 0) is 51.0 Å². The second-order valence-corrected chi connectivity index (χ2v) is 8.61. The van der Waals surface area contributed by atoms with E-state index in [9.17, 15) is 9.59 Å². The average Bonchev–Trinajstić information content (AvgIpc) is 3.44. The number of carbonyl (C=O) groups excluding carboxylic acids is 2. The number of hydrogen-bond donors (Lipinski definition) is 1. The second kappa shape index (κ2) is 5.75. The van der Waals surface area contributed by atoms with Crippen LogP contribution in [0, 0.1) is 11.8 Å². The minimum atomic E-state index is -0.542. The summed E-state index contributed by atoms with van der Waals surface area (Å²) in [4.78, 5) is 26.9. The number of amides is 2. The van der Waals surface area contributed by atoms with Gasteiger partial charge >= 0.3 is 6.09 Å². The highest BCUT2D eigenvalue weighted by Crippen LogP contribution is 2.50. The van der Waals surface area contributed by atoms with Crippen LogP contribution < -0.4 is 5.32 Å². The van der Waals surface area contributed by atoms with Crippen molar-refractivity contribution in [3.63, 3.8) is 0 Å². The van der Waals surface area contributed by atoms with Gasteiger partial charge in [-0.25, -0.2) is 4.79 Å². The summed E-state index contributed by atoms with van der Waals surface area (Å²) in [5.74, 6) is 1.16. The molecule has 1 aliphatic heterocycles. The van der Waals surface area contributed by atoms with E-state index in [2.05, 4.69) is 17.4 Å². The zero-order chi connectivity index (χ0) is 17.8. The lowest BCUT2D eigenvalue weighted by Gasteiger charge is -2.29. The van der Waals surface area contributed by atoms with Crippen molar-refractivity contribution in [1.29, 1.82) is 0 Å². The van der Waals surface area contributed by atoms with E-state index in [-0.39, 0.29) is 24.1 Å². The number of nitrogens with one attached hydrogen (secondary N) is 1. The fraction of sp³-hybridized carbons (Fsp3) is 0.600. The van der Waals surface area contributed by atoms with Crippen LogP contribution in [0.5, 0.6) is 0 Å². The molecule has 3 aliphatic rings. The Labute approximate surface area is 148 Å². The lowest BCUT2D eigenvalue weighted by molar-refractivity contribution is -0.126. The van der Waals surface area contributed by atoms with E-state index in [1.54, 1.807) is 4.90 Å². The lowest BCUT2D eigenvalue weighted by Crippen LogP contribution is -2.50. The van der Waals surface area contributed by atoms with Crippen LogP contribution in [0.2, 0.25) is 0 Å². The molecular weight excluding hydrogens is 316 g/mol. The Morgan fingerprint density at radius 1 is 1.16 bits per heavy atom. The zero-order valence-electron chi connectivity index (χ0n) is 15.1. The summed E-state index contributed by atoms with van der Waals surface area (Å²) in [6.07, 6.45) is 1.66. The van der Waals surface area contributed by atoms with Crippen LogP contribution in [0.15, 0.2) is 30.3 Å². The summed E-state index contributed by atoms with van der Waals surface area (Å²) in [6, 6.07) is 10.1. The van der Waals surface area contributed by atoms with Gasteiger partial charge in [0.1, 0.15) is 11.6 Å². The number of carbonyl (C=O) groups is 2. The molecule has 1 heterocycles. The number of rotatable bonds is 3. The number of nitrogens with zero attached hydrogens (tertiary/aromatic N) is 1. The molecule has 134 valence electrons. The molecule has 0 bridgehead atoms. The Hall–Kier alpha value is -2.04. The Morgan fingerprint density at radius 2 is 1.88 bits per heavy atom. The Bertz CT molecular complexity index is 682. The third kappa shape index (κ3) is 3.37. The van der Waals surface area contributed by atoms with Crippen molar-refractivity contribution in [3.05, 3.63) is 35.9 Å². The highest BCUT2D eigenvalue weighted by molar-refractivity contribution is 5.88. The first-order valence-corrected chi connectivity index (χ1v) is 9.18. The molecule has 25 heavy (non-hydrogen) atoms. The van der Waals surface area contributed by atoms with Crippen molar-refractivity contribution in [1.82, 2.24) is 10.2 Å². The molecule has 1 saturated heterocycles. The van der Waals surface area contributed by atoms with Crippen LogP contribution >= 0.6 is 0 Å². The molecule has 5 nitrogen and oxygen atoms in total.